The van der Waals surface area contributed by atoms with E-state index in [9.17, 15) is 0 Å². The molecule has 0 bridgehead atoms. The molecule has 0 amide bonds. The van der Waals surface area contributed by atoms with Gasteiger partial charge in [0.25, 0.3) is 0 Å². The Morgan fingerprint density at radius 2 is 1.58 bits per heavy atom. The third-order valence-corrected chi connectivity index (χ3v) is 7.56. The van der Waals surface area contributed by atoms with Crippen molar-refractivity contribution in [2.45, 2.75) is 69.9 Å². The standard InChI is InChI=1S/C24H36N2/c1-25(24(21-8-9-21)22-10-11-22)16-19-14-23(15-19)20-6-4-18(5-7-20)17-26-12-2-3-13-26/h4-7,19,21-24H,2-3,8-17H2,1H3. The molecule has 4 aliphatic rings. The third-order valence-electron chi connectivity index (χ3n) is 7.56. The van der Waals surface area contributed by atoms with Crippen molar-refractivity contribution in [1.82, 2.24) is 9.80 Å². The molecule has 2 nitrogen and oxygen atoms in total. The first kappa shape index (κ1) is 17.3. The molecule has 0 radical (unpaired) electrons. The van der Waals surface area contributed by atoms with Gasteiger partial charge in [0.05, 0.1) is 0 Å². The summed E-state index contributed by atoms with van der Waals surface area (Å²) in [5, 5.41) is 0. The number of hydrogen-bond donors (Lipinski definition) is 0. The van der Waals surface area contributed by atoms with Gasteiger partial charge in [0.1, 0.15) is 0 Å². The Morgan fingerprint density at radius 1 is 0.962 bits per heavy atom. The molecule has 0 aromatic heterocycles. The lowest BCUT2D eigenvalue weighted by molar-refractivity contribution is 0.123. The fraction of sp³-hybridized carbons (Fsp3) is 0.750. The molecule has 142 valence electrons. The van der Waals surface area contributed by atoms with Crippen molar-refractivity contribution < 1.29 is 0 Å². The van der Waals surface area contributed by atoms with E-state index in [1.54, 1.807) is 5.56 Å². The SMILES string of the molecule is CN(CC1CC(c2ccc(CN3CCCC3)cc2)C1)C(C1CC1)C1CC1. The van der Waals surface area contributed by atoms with E-state index in [0.29, 0.717) is 0 Å². The van der Waals surface area contributed by atoms with Crippen LogP contribution in [-0.4, -0.2) is 42.5 Å². The highest BCUT2D eigenvalue weighted by Crippen LogP contribution is 2.48. The summed E-state index contributed by atoms with van der Waals surface area (Å²) in [6.45, 7) is 5.09. The van der Waals surface area contributed by atoms with Gasteiger partial charge in [-0.3, -0.25) is 4.90 Å². The smallest absolute Gasteiger partial charge is 0.0233 e. The van der Waals surface area contributed by atoms with E-state index in [2.05, 4.69) is 41.1 Å². The molecule has 0 atom stereocenters. The number of hydrogen-bond acceptors (Lipinski definition) is 2. The van der Waals surface area contributed by atoms with Gasteiger partial charge in [-0.15, -0.1) is 0 Å². The van der Waals surface area contributed by atoms with Gasteiger partial charge in [0, 0.05) is 19.1 Å². The summed E-state index contributed by atoms with van der Waals surface area (Å²) in [6, 6.07) is 10.6. The van der Waals surface area contributed by atoms with Gasteiger partial charge >= 0.3 is 0 Å². The molecule has 4 fully saturated rings. The molecular formula is C24H36N2. The summed E-state index contributed by atoms with van der Waals surface area (Å²) in [5.74, 6) is 3.86. The molecule has 1 saturated heterocycles. The lowest BCUT2D eigenvalue weighted by atomic mass is 9.71. The molecule has 1 aliphatic heterocycles. The second kappa shape index (κ2) is 7.28. The van der Waals surface area contributed by atoms with Crippen LogP contribution in [-0.2, 0) is 6.54 Å². The summed E-state index contributed by atoms with van der Waals surface area (Å²) >= 11 is 0. The van der Waals surface area contributed by atoms with Gasteiger partial charge in [-0.2, -0.15) is 0 Å². The van der Waals surface area contributed by atoms with Crippen LogP contribution in [0.5, 0.6) is 0 Å². The van der Waals surface area contributed by atoms with E-state index >= 15 is 0 Å². The lowest BCUT2D eigenvalue weighted by Gasteiger charge is -2.40. The fourth-order valence-electron chi connectivity index (χ4n) is 5.76. The molecule has 3 saturated carbocycles. The van der Waals surface area contributed by atoms with Crippen LogP contribution in [0.2, 0.25) is 0 Å². The number of likely N-dealkylation sites (tertiary alicyclic amines) is 1. The normalized spacial score (nSPS) is 29.5. The zero-order valence-electron chi connectivity index (χ0n) is 16.6. The van der Waals surface area contributed by atoms with Gasteiger partial charge in [0.15, 0.2) is 0 Å². The molecule has 1 heterocycles. The van der Waals surface area contributed by atoms with Crippen molar-refractivity contribution in [3.8, 4) is 0 Å². The summed E-state index contributed by atoms with van der Waals surface area (Å²) in [6.07, 6.45) is 11.6. The van der Waals surface area contributed by atoms with Crippen LogP contribution in [0, 0.1) is 17.8 Å². The van der Waals surface area contributed by atoms with Gasteiger partial charge in [-0.05, 0) is 106 Å². The van der Waals surface area contributed by atoms with Crippen LogP contribution in [0.4, 0.5) is 0 Å². The van der Waals surface area contributed by atoms with Crippen molar-refractivity contribution in [2.24, 2.45) is 17.8 Å². The zero-order chi connectivity index (χ0) is 17.5. The number of nitrogens with zero attached hydrogens (tertiary/aromatic N) is 2. The van der Waals surface area contributed by atoms with E-state index in [1.165, 1.54) is 76.6 Å². The molecule has 0 N–H and O–H groups in total. The zero-order valence-corrected chi connectivity index (χ0v) is 16.6. The fourth-order valence-corrected chi connectivity index (χ4v) is 5.76. The Hall–Kier alpha value is -0.860. The Bertz CT molecular complexity index is 577. The van der Waals surface area contributed by atoms with Crippen molar-refractivity contribution in [2.75, 3.05) is 26.7 Å². The first-order valence-corrected chi connectivity index (χ1v) is 11.3. The van der Waals surface area contributed by atoms with Crippen LogP contribution < -0.4 is 0 Å². The maximum absolute atomic E-state index is 2.76. The molecule has 0 unspecified atom stereocenters. The van der Waals surface area contributed by atoms with Crippen molar-refractivity contribution in [3.63, 3.8) is 0 Å². The molecule has 0 spiro atoms. The van der Waals surface area contributed by atoms with E-state index in [1.807, 2.05) is 0 Å². The Labute approximate surface area is 159 Å². The minimum Gasteiger partial charge on any atom is -0.303 e. The summed E-state index contributed by atoms with van der Waals surface area (Å²) < 4.78 is 0. The molecule has 5 rings (SSSR count). The minimum atomic E-state index is 0.828. The highest BCUT2D eigenvalue weighted by Gasteiger charge is 2.44. The van der Waals surface area contributed by atoms with Crippen LogP contribution in [0.1, 0.15) is 68.4 Å². The maximum atomic E-state index is 2.76. The quantitative estimate of drug-likeness (QED) is 0.657. The summed E-state index contributed by atoms with van der Waals surface area (Å²) in [5.41, 5.74) is 3.10. The van der Waals surface area contributed by atoms with E-state index < -0.39 is 0 Å². The average Bonchev–Trinajstić information content (AvgIpc) is 3.54. The van der Waals surface area contributed by atoms with Gasteiger partial charge in [-0.25, -0.2) is 0 Å². The van der Waals surface area contributed by atoms with Crippen LogP contribution in [0.15, 0.2) is 24.3 Å². The largest absolute Gasteiger partial charge is 0.303 e. The van der Waals surface area contributed by atoms with Crippen LogP contribution >= 0.6 is 0 Å². The van der Waals surface area contributed by atoms with Crippen molar-refractivity contribution in [1.29, 1.82) is 0 Å². The minimum absolute atomic E-state index is 0.828. The first-order chi connectivity index (χ1) is 12.8. The molecular weight excluding hydrogens is 316 g/mol. The monoisotopic (exact) mass is 352 g/mol. The second-order valence-electron chi connectivity index (χ2n) is 9.86. The highest BCUT2D eigenvalue weighted by molar-refractivity contribution is 5.27. The molecule has 26 heavy (non-hydrogen) atoms. The van der Waals surface area contributed by atoms with Crippen molar-refractivity contribution >= 4 is 0 Å². The van der Waals surface area contributed by atoms with E-state index in [-0.39, 0.29) is 0 Å². The third kappa shape index (κ3) is 3.87. The topological polar surface area (TPSA) is 6.48 Å². The highest BCUT2D eigenvalue weighted by atomic mass is 15.2. The molecule has 3 aliphatic carbocycles. The average molecular weight is 353 g/mol. The van der Waals surface area contributed by atoms with Gasteiger partial charge < -0.3 is 4.90 Å². The molecule has 1 aromatic rings. The van der Waals surface area contributed by atoms with Gasteiger partial charge in [0.2, 0.25) is 0 Å². The number of benzene rings is 1. The van der Waals surface area contributed by atoms with E-state index in [4.69, 9.17) is 0 Å². The van der Waals surface area contributed by atoms with Crippen LogP contribution in [0.3, 0.4) is 0 Å². The second-order valence-corrected chi connectivity index (χ2v) is 9.86. The van der Waals surface area contributed by atoms with Crippen molar-refractivity contribution in [3.05, 3.63) is 35.4 Å². The first-order valence-electron chi connectivity index (χ1n) is 11.3. The lowest BCUT2D eigenvalue weighted by Crippen LogP contribution is -2.41. The Kier molecular flexibility index (Phi) is 4.83. The van der Waals surface area contributed by atoms with Gasteiger partial charge in [-0.1, -0.05) is 24.3 Å². The summed E-state index contributed by atoms with van der Waals surface area (Å²) in [4.78, 5) is 5.36. The Morgan fingerprint density at radius 3 is 2.15 bits per heavy atom. The van der Waals surface area contributed by atoms with Crippen LogP contribution in [0.25, 0.3) is 0 Å². The maximum Gasteiger partial charge on any atom is 0.0233 e. The van der Waals surface area contributed by atoms with E-state index in [0.717, 1.165) is 36.3 Å². The summed E-state index contributed by atoms with van der Waals surface area (Å²) in [7, 11) is 2.42. The predicted molar refractivity (Wildman–Crippen MR) is 108 cm³/mol. The molecule has 2 heteroatoms. The number of rotatable bonds is 8. The Balaban J connectivity index is 1.09. The predicted octanol–water partition coefficient (Wildman–Crippen LogP) is 4.90. The molecule has 1 aromatic carbocycles.